The van der Waals surface area contributed by atoms with E-state index < -0.39 is 17.7 Å². The van der Waals surface area contributed by atoms with E-state index in [1.165, 1.54) is 0 Å². The number of fused-ring (bicyclic) bond motifs is 1. The highest BCUT2D eigenvalue weighted by Gasteiger charge is 2.48. The number of alkyl carbamates (subject to hydrolysis) is 1. The Hall–Kier alpha value is -2.77. The molecule has 0 bridgehead atoms. The number of carbonyl (C=O) groups excluding carboxylic acids is 3. The number of carbonyl (C=O) groups is 3. The molecule has 1 aromatic rings. The van der Waals surface area contributed by atoms with E-state index in [0.717, 1.165) is 5.56 Å². The van der Waals surface area contributed by atoms with Crippen molar-refractivity contribution in [2.75, 3.05) is 13.1 Å². The summed E-state index contributed by atoms with van der Waals surface area (Å²) in [6.45, 7) is 10.6. The maximum absolute atomic E-state index is 13.4. The quantitative estimate of drug-likeness (QED) is 0.749. The first-order chi connectivity index (χ1) is 15.1. The monoisotopic (exact) mass is 445 g/mol. The number of hydrogen-bond acceptors (Lipinski definition) is 5. The lowest BCUT2D eigenvalue weighted by molar-refractivity contribution is -0.135. The highest BCUT2D eigenvalue weighted by molar-refractivity contribution is 5.86. The predicted octanol–water partition coefficient (Wildman–Crippen LogP) is 3.55. The van der Waals surface area contributed by atoms with Gasteiger partial charge >= 0.3 is 12.2 Å². The number of nitrogens with one attached hydrogen (secondary N) is 1. The van der Waals surface area contributed by atoms with Crippen LogP contribution in [0.3, 0.4) is 0 Å². The molecule has 176 valence electrons. The lowest BCUT2D eigenvalue weighted by atomic mass is 10.0. The fourth-order valence-electron chi connectivity index (χ4n) is 4.39. The Morgan fingerprint density at radius 3 is 2.22 bits per heavy atom. The van der Waals surface area contributed by atoms with Crippen molar-refractivity contribution < 1.29 is 23.9 Å². The zero-order valence-corrected chi connectivity index (χ0v) is 19.7. The molecule has 8 heteroatoms. The molecule has 2 aliphatic heterocycles. The molecule has 32 heavy (non-hydrogen) atoms. The topological polar surface area (TPSA) is 88.2 Å². The SMILES string of the molecule is CC(C)C(NC(=O)OCc1ccccc1)C(=O)N1CCC2C1CCN2C(=O)OC(C)(C)C. The van der Waals surface area contributed by atoms with Crippen molar-refractivity contribution >= 4 is 18.1 Å². The fraction of sp³-hybridized carbons (Fsp3) is 0.625. The normalized spacial score (nSPS) is 21.3. The molecular weight excluding hydrogens is 410 g/mol. The van der Waals surface area contributed by atoms with Gasteiger partial charge in [0, 0.05) is 13.1 Å². The Morgan fingerprint density at radius 1 is 1.03 bits per heavy atom. The van der Waals surface area contributed by atoms with Crippen LogP contribution in [0.4, 0.5) is 9.59 Å². The van der Waals surface area contributed by atoms with Gasteiger partial charge in [-0.05, 0) is 45.1 Å². The van der Waals surface area contributed by atoms with Gasteiger partial charge in [0.25, 0.3) is 0 Å². The molecule has 3 unspecified atom stereocenters. The van der Waals surface area contributed by atoms with E-state index >= 15 is 0 Å². The Labute approximate surface area is 190 Å². The molecule has 3 rings (SSSR count). The van der Waals surface area contributed by atoms with Crippen LogP contribution in [0.2, 0.25) is 0 Å². The molecule has 2 saturated heterocycles. The minimum absolute atomic E-state index is 0.0494. The van der Waals surface area contributed by atoms with Crippen LogP contribution in [0.5, 0.6) is 0 Å². The molecule has 8 nitrogen and oxygen atoms in total. The third kappa shape index (κ3) is 5.72. The van der Waals surface area contributed by atoms with Crippen LogP contribution in [0.1, 0.15) is 53.0 Å². The number of amides is 3. The van der Waals surface area contributed by atoms with Crippen molar-refractivity contribution in [3.05, 3.63) is 35.9 Å². The number of rotatable bonds is 5. The Kier molecular flexibility index (Phi) is 7.31. The Bertz CT molecular complexity index is 821. The average Bonchev–Trinajstić information content (AvgIpc) is 3.31. The van der Waals surface area contributed by atoms with E-state index in [1.807, 2.05) is 69.9 Å². The number of hydrogen-bond donors (Lipinski definition) is 1. The molecule has 0 radical (unpaired) electrons. The largest absolute Gasteiger partial charge is 0.445 e. The summed E-state index contributed by atoms with van der Waals surface area (Å²) >= 11 is 0. The van der Waals surface area contributed by atoms with Crippen LogP contribution in [0.25, 0.3) is 0 Å². The zero-order valence-electron chi connectivity index (χ0n) is 19.7. The van der Waals surface area contributed by atoms with Crippen molar-refractivity contribution in [2.24, 2.45) is 5.92 Å². The highest BCUT2D eigenvalue weighted by atomic mass is 16.6. The van der Waals surface area contributed by atoms with Gasteiger partial charge in [-0.3, -0.25) is 4.79 Å². The molecule has 2 fully saturated rings. The van der Waals surface area contributed by atoms with Crippen LogP contribution in [-0.2, 0) is 20.9 Å². The van der Waals surface area contributed by atoms with Crippen LogP contribution >= 0.6 is 0 Å². The average molecular weight is 446 g/mol. The van der Waals surface area contributed by atoms with Crippen LogP contribution in [-0.4, -0.2) is 64.7 Å². The van der Waals surface area contributed by atoms with Gasteiger partial charge in [-0.2, -0.15) is 0 Å². The predicted molar refractivity (Wildman–Crippen MR) is 120 cm³/mol. The van der Waals surface area contributed by atoms with E-state index in [-0.39, 0.29) is 36.6 Å². The summed E-state index contributed by atoms with van der Waals surface area (Å²) in [5.74, 6) is -0.232. The second-order valence-electron chi connectivity index (χ2n) is 9.85. The second kappa shape index (κ2) is 9.79. The standard InChI is InChI=1S/C24H35N3O5/c1-16(2)20(25-22(29)31-15-17-9-7-6-8-10-17)21(28)26-13-11-19-18(26)12-14-27(19)23(30)32-24(3,4)5/h6-10,16,18-20H,11-15H2,1-5H3,(H,25,29). The number of ether oxygens (including phenoxy) is 2. The van der Waals surface area contributed by atoms with Gasteiger partial charge in [0.15, 0.2) is 0 Å². The van der Waals surface area contributed by atoms with Crippen molar-refractivity contribution in [2.45, 2.75) is 77.8 Å². The van der Waals surface area contributed by atoms with Crippen molar-refractivity contribution in [1.82, 2.24) is 15.1 Å². The number of nitrogens with zero attached hydrogens (tertiary/aromatic N) is 2. The van der Waals surface area contributed by atoms with Crippen LogP contribution in [0.15, 0.2) is 30.3 Å². The summed E-state index contributed by atoms with van der Waals surface area (Å²) in [6.07, 6.45) is 0.471. The molecule has 2 aliphatic rings. The van der Waals surface area contributed by atoms with Gasteiger partial charge in [-0.15, -0.1) is 0 Å². The minimum Gasteiger partial charge on any atom is -0.445 e. The van der Waals surface area contributed by atoms with E-state index in [9.17, 15) is 14.4 Å². The molecule has 0 saturated carbocycles. The van der Waals surface area contributed by atoms with E-state index in [4.69, 9.17) is 9.47 Å². The van der Waals surface area contributed by atoms with Gasteiger partial charge in [0.1, 0.15) is 18.2 Å². The molecule has 0 spiro atoms. The first kappa shape index (κ1) is 23.9. The summed E-state index contributed by atoms with van der Waals surface area (Å²) in [4.78, 5) is 41.9. The number of benzene rings is 1. The molecule has 1 aromatic carbocycles. The lowest BCUT2D eigenvalue weighted by Crippen LogP contribution is -2.53. The third-order valence-corrected chi connectivity index (χ3v) is 5.91. The van der Waals surface area contributed by atoms with Gasteiger partial charge in [0.05, 0.1) is 12.1 Å². The summed E-state index contributed by atoms with van der Waals surface area (Å²) < 4.78 is 10.9. The maximum atomic E-state index is 13.4. The summed E-state index contributed by atoms with van der Waals surface area (Å²) in [7, 11) is 0. The third-order valence-electron chi connectivity index (χ3n) is 5.91. The zero-order chi connectivity index (χ0) is 23.5. The molecule has 3 amide bonds. The highest BCUT2D eigenvalue weighted by Crippen LogP contribution is 2.33. The van der Waals surface area contributed by atoms with Crippen LogP contribution < -0.4 is 5.32 Å². The van der Waals surface area contributed by atoms with Crippen molar-refractivity contribution in [1.29, 1.82) is 0 Å². The maximum Gasteiger partial charge on any atom is 0.410 e. The molecule has 1 N–H and O–H groups in total. The molecule has 2 heterocycles. The second-order valence-corrected chi connectivity index (χ2v) is 9.85. The molecule has 0 aromatic heterocycles. The van der Waals surface area contributed by atoms with Gasteiger partial charge in [-0.1, -0.05) is 44.2 Å². The number of likely N-dealkylation sites (tertiary alicyclic amines) is 2. The molecule has 0 aliphatic carbocycles. The van der Waals surface area contributed by atoms with Gasteiger partial charge in [-0.25, -0.2) is 9.59 Å². The van der Waals surface area contributed by atoms with Gasteiger partial charge in [0.2, 0.25) is 5.91 Å². The van der Waals surface area contributed by atoms with Crippen LogP contribution in [0, 0.1) is 5.92 Å². The van der Waals surface area contributed by atoms with E-state index in [1.54, 1.807) is 4.90 Å². The van der Waals surface area contributed by atoms with Crippen molar-refractivity contribution in [3.8, 4) is 0 Å². The summed E-state index contributed by atoms with van der Waals surface area (Å²) in [6, 6.07) is 8.61. The Morgan fingerprint density at radius 2 is 1.62 bits per heavy atom. The first-order valence-corrected chi connectivity index (χ1v) is 11.3. The molecular formula is C24H35N3O5. The lowest BCUT2D eigenvalue weighted by Gasteiger charge is -2.31. The van der Waals surface area contributed by atoms with E-state index in [2.05, 4.69) is 5.32 Å². The molecule has 3 atom stereocenters. The smallest absolute Gasteiger partial charge is 0.410 e. The Balaban J connectivity index is 1.59. The first-order valence-electron chi connectivity index (χ1n) is 11.3. The van der Waals surface area contributed by atoms with Crippen molar-refractivity contribution in [3.63, 3.8) is 0 Å². The van der Waals surface area contributed by atoms with E-state index in [0.29, 0.717) is 25.9 Å². The fourth-order valence-corrected chi connectivity index (χ4v) is 4.39. The minimum atomic E-state index is -0.687. The van der Waals surface area contributed by atoms with Gasteiger partial charge < -0.3 is 24.6 Å². The summed E-state index contributed by atoms with van der Waals surface area (Å²) in [5.41, 5.74) is 0.321. The summed E-state index contributed by atoms with van der Waals surface area (Å²) in [5, 5.41) is 2.75.